The minimum absolute atomic E-state index is 0.106. The van der Waals surface area contributed by atoms with Crippen molar-refractivity contribution in [2.75, 3.05) is 26.3 Å². The van der Waals surface area contributed by atoms with E-state index in [4.69, 9.17) is 9.72 Å². The molecule has 0 spiro atoms. The van der Waals surface area contributed by atoms with Crippen LogP contribution < -0.4 is 5.32 Å². The van der Waals surface area contributed by atoms with Crippen LogP contribution in [0.1, 0.15) is 41.9 Å². The Morgan fingerprint density at radius 3 is 2.86 bits per heavy atom. The Balaban J connectivity index is 1.41. The summed E-state index contributed by atoms with van der Waals surface area (Å²) in [6.45, 7) is 4.13. The second-order valence-corrected chi connectivity index (χ2v) is 7.82. The molecule has 1 saturated heterocycles. The van der Waals surface area contributed by atoms with Gasteiger partial charge in [-0.1, -0.05) is 18.9 Å². The molecule has 0 bridgehead atoms. The van der Waals surface area contributed by atoms with Crippen LogP contribution in [0.3, 0.4) is 0 Å². The van der Waals surface area contributed by atoms with Crippen molar-refractivity contribution in [1.29, 1.82) is 0 Å². The molecule has 0 aromatic carbocycles. The number of hydrogen-bond acceptors (Lipinski definition) is 5. The van der Waals surface area contributed by atoms with Crippen molar-refractivity contribution >= 4 is 11.4 Å². The molecule has 29 heavy (non-hydrogen) atoms. The lowest BCUT2D eigenvalue weighted by Gasteiger charge is -2.25. The van der Waals surface area contributed by atoms with E-state index in [0.29, 0.717) is 5.69 Å². The lowest BCUT2D eigenvalue weighted by atomic mass is 10.2. The number of nitrogens with one attached hydrogen (secondary N) is 1. The highest BCUT2D eigenvalue weighted by Crippen LogP contribution is 2.20. The number of aromatic nitrogens is 4. The smallest absolute Gasteiger partial charge is 0.271 e. The number of nitrogens with zero attached hydrogens (tertiary/aromatic N) is 5. The van der Waals surface area contributed by atoms with Gasteiger partial charge in [-0.05, 0) is 25.0 Å². The zero-order valence-electron chi connectivity index (χ0n) is 16.5. The lowest BCUT2D eigenvalue weighted by Crippen LogP contribution is -2.35. The number of hydrogen-bond donors (Lipinski definition) is 1. The first kappa shape index (κ1) is 18.3. The van der Waals surface area contributed by atoms with Crippen molar-refractivity contribution in [2.45, 2.75) is 38.3 Å². The predicted octanol–water partition coefficient (Wildman–Crippen LogP) is 2.02. The van der Waals surface area contributed by atoms with Gasteiger partial charge in [0.1, 0.15) is 12.0 Å². The topological polar surface area (TPSA) is 76.7 Å². The van der Waals surface area contributed by atoms with Crippen LogP contribution in [0.15, 0.2) is 36.9 Å². The number of amides is 1. The summed E-state index contributed by atoms with van der Waals surface area (Å²) in [6.07, 6.45) is 9.93. The SMILES string of the molecule is O=C(NC1CCCC1)c1cn(-c2nc(CN3CCOCC3)c3ccccn23)cn1. The molecule has 152 valence electrons. The maximum absolute atomic E-state index is 12.5. The monoisotopic (exact) mass is 394 g/mol. The summed E-state index contributed by atoms with van der Waals surface area (Å²) >= 11 is 0. The van der Waals surface area contributed by atoms with E-state index in [0.717, 1.165) is 62.8 Å². The lowest BCUT2D eigenvalue weighted by molar-refractivity contribution is 0.0339. The zero-order chi connectivity index (χ0) is 19.6. The van der Waals surface area contributed by atoms with Crippen LogP contribution in [-0.2, 0) is 11.3 Å². The fourth-order valence-corrected chi connectivity index (χ4v) is 4.23. The standard InChI is InChI=1S/C21H26N6O2/c28-20(23-16-5-1-2-6-16)18-14-26(15-22-18)21-24-17(13-25-9-11-29-12-10-25)19-7-3-4-8-27(19)21/h3-4,7-8,14-16H,1-2,5-6,9-13H2,(H,23,28). The van der Waals surface area contributed by atoms with Gasteiger partial charge in [-0.2, -0.15) is 0 Å². The van der Waals surface area contributed by atoms with Crippen LogP contribution in [0.25, 0.3) is 11.5 Å². The molecular weight excluding hydrogens is 368 g/mol. The molecule has 2 aliphatic rings. The van der Waals surface area contributed by atoms with Crippen LogP contribution in [0.4, 0.5) is 0 Å². The molecule has 1 aliphatic carbocycles. The van der Waals surface area contributed by atoms with Gasteiger partial charge in [0, 0.05) is 38.1 Å². The fourth-order valence-electron chi connectivity index (χ4n) is 4.23. The van der Waals surface area contributed by atoms with Crippen LogP contribution in [-0.4, -0.2) is 62.1 Å². The van der Waals surface area contributed by atoms with Crippen LogP contribution in [0.5, 0.6) is 0 Å². The normalized spacial score (nSPS) is 18.5. The molecule has 1 N–H and O–H groups in total. The summed E-state index contributed by atoms with van der Waals surface area (Å²) in [5.74, 6) is 0.640. The zero-order valence-corrected chi connectivity index (χ0v) is 16.5. The molecule has 0 atom stereocenters. The molecule has 0 unspecified atom stereocenters. The number of morpholine rings is 1. The number of pyridine rings is 1. The molecular formula is C21H26N6O2. The molecule has 8 heteroatoms. The number of imidazole rings is 2. The summed E-state index contributed by atoms with van der Waals surface area (Å²) in [6, 6.07) is 6.37. The molecule has 0 radical (unpaired) electrons. The van der Waals surface area contributed by atoms with Crippen LogP contribution in [0, 0.1) is 0 Å². The maximum Gasteiger partial charge on any atom is 0.271 e. The van der Waals surface area contributed by atoms with Crippen molar-refractivity contribution in [1.82, 2.24) is 29.2 Å². The molecule has 1 saturated carbocycles. The van der Waals surface area contributed by atoms with Crippen molar-refractivity contribution in [3.05, 3.63) is 48.3 Å². The van der Waals surface area contributed by atoms with Crippen molar-refractivity contribution in [3.8, 4) is 5.95 Å². The number of rotatable bonds is 5. The summed E-state index contributed by atoms with van der Waals surface area (Å²) in [5, 5.41) is 3.10. The fraction of sp³-hybridized carbons (Fsp3) is 0.476. The van der Waals surface area contributed by atoms with E-state index < -0.39 is 0 Å². The highest BCUT2D eigenvalue weighted by Gasteiger charge is 2.21. The number of ether oxygens (including phenoxy) is 1. The Morgan fingerprint density at radius 2 is 2.03 bits per heavy atom. The van der Waals surface area contributed by atoms with E-state index in [1.54, 1.807) is 12.5 Å². The Kier molecular flexibility index (Phi) is 5.03. The largest absolute Gasteiger partial charge is 0.379 e. The molecule has 2 fully saturated rings. The quantitative estimate of drug-likeness (QED) is 0.717. The van der Waals surface area contributed by atoms with E-state index >= 15 is 0 Å². The predicted molar refractivity (Wildman–Crippen MR) is 108 cm³/mol. The van der Waals surface area contributed by atoms with Gasteiger partial charge >= 0.3 is 0 Å². The van der Waals surface area contributed by atoms with E-state index in [1.807, 2.05) is 22.9 Å². The number of fused-ring (bicyclic) bond motifs is 1. The van der Waals surface area contributed by atoms with Gasteiger partial charge in [0.2, 0.25) is 5.95 Å². The Labute approximate surface area is 169 Å². The summed E-state index contributed by atoms with van der Waals surface area (Å²) in [5.41, 5.74) is 2.52. The van der Waals surface area contributed by atoms with Crippen LogP contribution in [0.2, 0.25) is 0 Å². The average molecular weight is 394 g/mol. The van der Waals surface area contributed by atoms with Gasteiger partial charge < -0.3 is 10.1 Å². The third kappa shape index (κ3) is 3.77. The van der Waals surface area contributed by atoms with Crippen molar-refractivity contribution in [3.63, 3.8) is 0 Å². The third-order valence-corrected chi connectivity index (χ3v) is 5.82. The summed E-state index contributed by atoms with van der Waals surface area (Å²) < 4.78 is 9.34. The molecule has 3 aromatic heterocycles. The van der Waals surface area contributed by atoms with E-state index in [9.17, 15) is 4.79 Å². The second-order valence-electron chi connectivity index (χ2n) is 7.82. The van der Waals surface area contributed by atoms with Gasteiger partial charge in [-0.15, -0.1) is 0 Å². The van der Waals surface area contributed by atoms with Crippen molar-refractivity contribution < 1.29 is 9.53 Å². The summed E-state index contributed by atoms with van der Waals surface area (Å²) in [4.78, 5) is 24.1. The molecule has 5 rings (SSSR count). The summed E-state index contributed by atoms with van der Waals surface area (Å²) in [7, 11) is 0. The Hall–Kier alpha value is -2.71. The van der Waals surface area contributed by atoms with Gasteiger partial charge in [-0.3, -0.25) is 18.7 Å². The minimum Gasteiger partial charge on any atom is -0.379 e. The third-order valence-electron chi connectivity index (χ3n) is 5.82. The minimum atomic E-state index is -0.106. The molecule has 1 aliphatic heterocycles. The average Bonchev–Trinajstić information content (AvgIpc) is 3.49. The van der Waals surface area contributed by atoms with E-state index in [1.165, 1.54) is 12.8 Å². The molecule has 1 amide bonds. The molecule has 3 aromatic rings. The van der Waals surface area contributed by atoms with Gasteiger partial charge in [0.15, 0.2) is 0 Å². The van der Waals surface area contributed by atoms with Crippen LogP contribution >= 0.6 is 0 Å². The molecule has 8 nitrogen and oxygen atoms in total. The first-order valence-corrected chi connectivity index (χ1v) is 10.4. The highest BCUT2D eigenvalue weighted by atomic mass is 16.5. The highest BCUT2D eigenvalue weighted by molar-refractivity contribution is 5.92. The Morgan fingerprint density at radius 1 is 1.21 bits per heavy atom. The van der Waals surface area contributed by atoms with E-state index in [2.05, 4.69) is 25.7 Å². The first-order valence-electron chi connectivity index (χ1n) is 10.4. The van der Waals surface area contributed by atoms with Gasteiger partial charge in [-0.25, -0.2) is 9.97 Å². The maximum atomic E-state index is 12.5. The second kappa shape index (κ2) is 7.96. The van der Waals surface area contributed by atoms with Gasteiger partial charge in [0.05, 0.1) is 24.4 Å². The number of carbonyl (C=O) groups is 1. The Bertz CT molecular complexity index is 998. The van der Waals surface area contributed by atoms with Gasteiger partial charge in [0.25, 0.3) is 5.91 Å². The van der Waals surface area contributed by atoms with Crippen molar-refractivity contribution in [2.24, 2.45) is 0 Å². The van der Waals surface area contributed by atoms with E-state index in [-0.39, 0.29) is 11.9 Å². The number of carbonyl (C=O) groups excluding carboxylic acids is 1. The molecule has 4 heterocycles. The first-order chi connectivity index (χ1) is 14.3.